The van der Waals surface area contributed by atoms with Crippen molar-refractivity contribution < 1.29 is 14.3 Å². The van der Waals surface area contributed by atoms with Crippen LogP contribution in [0.2, 0.25) is 10.0 Å². The van der Waals surface area contributed by atoms with Crippen molar-refractivity contribution in [3.63, 3.8) is 0 Å². The normalized spacial score (nSPS) is 14.4. The Morgan fingerprint density at radius 1 is 0.881 bits per heavy atom. The second-order valence-corrected chi connectivity index (χ2v) is 12.3. The van der Waals surface area contributed by atoms with Crippen molar-refractivity contribution in [2.75, 3.05) is 6.61 Å². The first-order chi connectivity index (χ1) is 20.4. The average Bonchev–Trinajstić information content (AvgIpc) is 3.01. The minimum atomic E-state index is -0.750. The van der Waals surface area contributed by atoms with E-state index in [1.165, 1.54) is 6.42 Å². The minimum absolute atomic E-state index is 0.108. The lowest BCUT2D eigenvalue weighted by molar-refractivity contribution is -0.143. The van der Waals surface area contributed by atoms with Gasteiger partial charge in [0.1, 0.15) is 11.8 Å². The third-order valence-electron chi connectivity index (χ3n) is 7.74. The Bertz CT molecular complexity index is 1540. The number of amides is 2. The van der Waals surface area contributed by atoms with Crippen LogP contribution in [0.5, 0.6) is 5.75 Å². The van der Waals surface area contributed by atoms with Crippen LogP contribution in [0.15, 0.2) is 89.4 Å². The standard InChI is InChI=1S/C34H33BrCl2N2O3/c35-33-27-14-8-7-11-25(27)16-18-31(33)42-22-32(40)39(21-24-15-17-28(36)29(37)19-24)30(20-23-9-3-1-4-10-23)34(41)38-26-12-5-2-6-13-26/h1,3-4,7-11,14-19,26,30H,2,5-6,12-13,20-22H2,(H,38,41)/t30-/m0/s1. The number of rotatable bonds is 10. The molecule has 1 saturated carbocycles. The zero-order valence-corrected chi connectivity index (χ0v) is 26.3. The summed E-state index contributed by atoms with van der Waals surface area (Å²) >= 11 is 16.2. The van der Waals surface area contributed by atoms with Crippen LogP contribution in [0.1, 0.15) is 43.2 Å². The summed E-state index contributed by atoms with van der Waals surface area (Å²) in [6.07, 6.45) is 5.63. The molecule has 1 fully saturated rings. The summed E-state index contributed by atoms with van der Waals surface area (Å²) in [6, 6.07) is 26.2. The van der Waals surface area contributed by atoms with E-state index in [2.05, 4.69) is 21.2 Å². The number of hydrogen-bond acceptors (Lipinski definition) is 3. The number of benzene rings is 4. The van der Waals surface area contributed by atoms with E-state index in [1.54, 1.807) is 17.0 Å². The van der Waals surface area contributed by atoms with Gasteiger partial charge in [0.25, 0.3) is 5.91 Å². The molecule has 42 heavy (non-hydrogen) atoms. The van der Waals surface area contributed by atoms with Crippen LogP contribution in [-0.2, 0) is 22.6 Å². The van der Waals surface area contributed by atoms with Crippen molar-refractivity contribution in [2.45, 2.75) is 57.2 Å². The van der Waals surface area contributed by atoms with Crippen molar-refractivity contribution in [1.82, 2.24) is 10.2 Å². The van der Waals surface area contributed by atoms with Crippen LogP contribution in [-0.4, -0.2) is 35.4 Å². The molecule has 0 heterocycles. The third kappa shape index (κ3) is 7.66. The van der Waals surface area contributed by atoms with Crippen molar-refractivity contribution in [3.8, 4) is 5.75 Å². The Balaban J connectivity index is 1.44. The highest BCUT2D eigenvalue weighted by Crippen LogP contribution is 2.33. The van der Waals surface area contributed by atoms with Crippen molar-refractivity contribution in [3.05, 3.63) is 111 Å². The predicted octanol–water partition coefficient (Wildman–Crippen LogP) is 8.38. The monoisotopic (exact) mass is 666 g/mol. The highest BCUT2D eigenvalue weighted by molar-refractivity contribution is 9.10. The van der Waals surface area contributed by atoms with Gasteiger partial charge in [-0.3, -0.25) is 9.59 Å². The van der Waals surface area contributed by atoms with Crippen LogP contribution in [0.4, 0.5) is 0 Å². The SMILES string of the molecule is O=C(NC1CCCCC1)[C@H](Cc1ccccc1)N(Cc1ccc(Cl)c(Cl)c1)C(=O)COc1ccc2ccccc2c1Br. The van der Waals surface area contributed by atoms with Crippen molar-refractivity contribution >= 4 is 61.7 Å². The van der Waals surface area contributed by atoms with Gasteiger partial charge in [-0.1, -0.05) is 109 Å². The lowest BCUT2D eigenvalue weighted by Crippen LogP contribution is -2.53. The van der Waals surface area contributed by atoms with E-state index in [1.807, 2.05) is 72.8 Å². The average molecular weight is 668 g/mol. The number of nitrogens with one attached hydrogen (secondary N) is 1. The van der Waals surface area contributed by atoms with Gasteiger partial charge >= 0.3 is 0 Å². The minimum Gasteiger partial charge on any atom is -0.483 e. The predicted molar refractivity (Wildman–Crippen MR) is 173 cm³/mol. The molecule has 218 valence electrons. The molecule has 0 saturated heterocycles. The van der Waals surface area contributed by atoms with Gasteiger partial charge in [-0.15, -0.1) is 0 Å². The molecule has 0 radical (unpaired) electrons. The van der Waals surface area contributed by atoms with Gasteiger partial charge in [0.2, 0.25) is 5.91 Å². The van der Waals surface area contributed by atoms with E-state index >= 15 is 0 Å². The van der Waals surface area contributed by atoms with E-state index in [4.69, 9.17) is 27.9 Å². The number of hydrogen-bond donors (Lipinski definition) is 1. The van der Waals surface area contributed by atoms with E-state index in [-0.39, 0.29) is 31.0 Å². The highest BCUT2D eigenvalue weighted by Gasteiger charge is 2.32. The summed E-state index contributed by atoms with van der Waals surface area (Å²) < 4.78 is 6.86. The maximum Gasteiger partial charge on any atom is 0.261 e. The lowest BCUT2D eigenvalue weighted by atomic mass is 9.94. The van der Waals surface area contributed by atoms with E-state index in [0.717, 1.165) is 52.1 Å². The number of carbonyl (C=O) groups excluding carboxylic acids is 2. The molecular weight excluding hydrogens is 635 g/mol. The molecular formula is C34H33BrCl2N2O3. The summed E-state index contributed by atoms with van der Waals surface area (Å²) in [4.78, 5) is 29.6. The van der Waals surface area contributed by atoms with Gasteiger partial charge in [0.05, 0.1) is 14.5 Å². The highest BCUT2D eigenvalue weighted by atomic mass is 79.9. The first-order valence-corrected chi connectivity index (χ1v) is 15.8. The quantitative estimate of drug-likeness (QED) is 0.185. The molecule has 0 spiro atoms. The van der Waals surface area contributed by atoms with Gasteiger partial charge in [0, 0.05) is 19.0 Å². The molecule has 4 aromatic rings. The zero-order valence-electron chi connectivity index (χ0n) is 23.2. The molecule has 0 unspecified atom stereocenters. The maximum atomic E-state index is 14.0. The fourth-order valence-corrected chi connectivity index (χ4v) is 6.41. The molecule has 0 bridgehead atoms. The molecule has 1 aliphatic carbocycles. The Morgan fingerprint density at radius 3 is 2.38 bits per heavy atom. The molecule has 8 heteroatoms. The van der Waals surface area contributed by atoms with Crippen LogP contribution in [0.25, 0.3) is 10.8 Å². The van der Waals surface area contributed by atoms with Crippen molar-refractivity contribution in [1.29, 1.82) is 0 Å². The number of nitrogens with zero attached hydrogens (tertiary/aromatic N) is 1. The molecule has 2 amide bonds. The molecule has 0 aliphatic heterocycles. The summed E-state index contributed by atoms with van der Waals surface area (Å²) in [5.41, 5.74) is 1.74. The fourth-order valence-electron chi connectivity index (χ4n) is 5.48. The van der Waals surface area contributed by atoms with E-state index in [0.29, 0.717) is 22.2 Å². The van der Waals surface area contributed by atoms with Crippen LogP contribution in [0.3, 0.4) is 0 Å². The summed E-state index contributed by atoms with van der Waals surface area (Å²) in [5.74, 6) is 0.0923. The molecule has 5 rings (SSSR count). The van der Waals surface area contributed by atoms with Crippen LogP contribution < -0.4 is 10.1 Å². The molecule has 5 nitrogen and oxygen atoms in total. The van der Waals surface area contributed by atoms with Crippen molar-refractivity contribution in [2.24, 2.45) is 0 Å². The Labute approximate surface area is 265 Å². The van der Waals surface area contributed by atoms with Gasteiger partial charge in [-0.2, -0.15) is 0 Å². The maximum absolute atomic E-state index is 14.0. The topological polar surface area (TPSA) is 58.6 Å². The van der Waals surface area contributed by atoms with Crippen LogP contribution in [0, 0.1) is 0 Å². The Kier molecular flexibility index (Phi) is 10.4. The van der Waals surface area contributed by atoms with Gasteiger partial charge < -0.3 is 15.0 Å². The van der Waals surface area contributed by atoms with E-state index < -0.39 is 6.04 Å². The third-order valence-corrected chi connectivity index (χ3v) is 9.30. The second kappa shape index (κ2) is 14.4. The van der Waals surface area contributed by atoms with E-state index in [9.17, 15) is 9.59 Å². The van der Waals surface area contributed by atoms with Gasteiger partial charge in [0.15, 0.2) is 6.61 Å². The first kappa shape index (κ1) is 30.4. The Hall–Kier alpha value is -3.06. The number of fused-ring (bicyclic) bond motifs is 1. The summed E-state index contributed by atoms with van der Waals surface area (Å²) in [6.45, 7) is -0.0617. The smallest absolute Gasteiger partial charge is 0.261 e. The number of halogens is 3. The summed E-state index contributed by atoms with van der Waals surface area (Å²) in [7, 11) is 0. The number of carbonyl (C=O) groups is 2. The largest absolute Gasteiger partial charge is 0.483 e. The number of ether oxygens (including phenoxy) is 1. The van der Waals surface area contributed by atoms with Gasteiger partial charge in [-0.25, -0.2) is 0 Å². The Morgan fingerprint density at radius 2 is 1.62 bits per heavy atom. The molecule has 1 atom stereocenters. The second-order valence-electron chi connectivity index (χ2n) is 10.7. The first-order valence-electron chi connectivity index (χ1n) is 14.3. The molecule has 1 aliphatic rings. The molecule has 4 aromatic carbocycles. The molecule has 1 N–H and O–H groups in total. The fraction of sp³-hybridized carbons (Fsp3) is 0.294. The lowest BCUT2D eigenvalue weighted by Gasteiger charge is -2.33. The molecule has 0 aromatic heterocycles. The van der Waals surface area contributed by atoms with Gasteiger partial charge in [-0.05, 0) is 68.9 Å². The summed E-state index contributed by atoms with van der Waals surface area (Å²) in [5, 5.41) is 6.13. The van der Waals surface area contributed by atoms with Crippen LogP contribution >= 0.6 is 39.1 Å². The zero-order chi connectivity index (χ0) is 29.5.